The Labute approximate surface area is 117 Å². The first kappa shape index (κ1) is 14.1. The highest BCUT2D eigenvalue weighted by Gasteiger charge is 2.22. The van der Waals surface area contributed by atoms with Gasteiger partial charge in [-0.15, -0.1) is 0 Å². The summed E-state index contributed by atoms with van der Waals surface area (Å²) < 4.78 is 4.65. The van der Waals surface area contributed by atoms with Gasteiger partial charge in [-0.05, 0) is 18.6 Å². The number of carbonyl (C=O) groups excluding carboxylic acids is 2. The van der Waals surface area contributed by atoms with E-state index in [-0.39, 0.29) is 18.1 Å². The van der Waals surface area contributed by atoms with Gasteiger partial charge in [0.1, 0.15) is 0 Å². The van der Waals surface area contributed by atoms with E-state index in [0.717, 1.165) is 6.42 Å². The predicted octanol–water partition coefficient (Wildman–Crippen LogP) is 0.119. The number of nitrogens with zero attached hydrogens (tertiary/aromatic N) is 3. The van der Waals surface area contributed by atoms with Crippen molar-refractivity contribution in [3.05, 3.63) is 17.8 Å². The lowest BCUT2D eigenvalue weighted by molar-refractivity contribution is -0.127. The van der Waals surface area contributed by atoms with Gasteiger partial charge in [0.15, 0.2) is 11.5 Å². The number of nitrogens with two attached hydrogens (primary N) is 1. The quantitative estimate of drug-likeness (QED) is 0.773. The maximum atomic E-state index is 11.9. The van der Waals surface area contributed by atoms with E-state index in [4.69, 9.17) is 5.73 Å². The molecule has 0 spiro atoms. The Morgan fingerprint density at radius 1 is 1.40 bits per heavy atom. The number of methoxy groups -OCH3 is 1. The first-order chi connectivity index (χ1) is 9.52. The van der Waals surface area contributed by atoms with Crippen LogP contribution in [0.25, 0.3) is 0 Å². The molecule has 0 bridgehead atoms. The zero-order valence-electron chi connectivity index (χ0n) is 11.6. The molecule has 2 rings (SSSR count). The topological polar surface area (TPSA) is 88.8 Å². The van der Waals surface area contributed by atoms with Crippen LogP contribution in [0.1, 0.15) is 16.9 Å². The van der Waals surface area contributed by atoms with E-state index < -0.39 is 5.97 Å². The summed E-state index contributed by atoms with van der Waals surface area (Å²) in [6.07, 6.45) is 0.825. The monoisotopic (exact) mass is 278 g/mol. The van der Waals surface area contributed by atoms with Crippen LogP contribution in [0.3, 0.4) is 0 Å². The summed E-state index contributed by atoms with van der Waals surface area (Å²) in [7, 11) is 3.07. The van der Waals surface area contributed by atoms with Crippen molar-refractivity contribution >= 4 is 23.4 Å². The molecular weight excluding hydrogens is 260 g/mol. The number of pyridine rings is 1. The molecule has 0 radical (unpaired) electrons. The molecule has 0 aromatic carbocycles. The van der Waals surface area contributed by atoms with Crippen molar-refractivity contribution in [2.24, 2.45) is 0 Å². The van der Waals surface area contributed by atoms with Gasteiger partial charge in [-0.25, -0.2) is 9.78 Å². The number of esters is 1. The summed E-state index contributed by atoms with van der Waals surface area (Å²) in [6, 6.07) is 3.12. The van der Waals surface area contributed by atoms with E-state index in [1.807, 2.05) is 0 Å². The van der Waals surface area contributed by atoms with Crippen LogP contribution in [0, 0.1) is 0 Å². The van der Waals surface area contributed by atoms with E-state index in [1.54, 1.807) is 22.9 Å². The molecule has 7 nitrogen and oxygen atoms in total. The van der Waals surface area contributed by atoms with Crippen LogP contribution in [-0.2, 0) is 9.53 Å². The predicted molar refractivity (Wildman–Crippen MR) is 74.5 cm³/mol. The van der Waals surface area contributed by atoms with E-state index in [9.17, 15) is 9.59 Å². The molecule has 2 heterocycles. The normalized spacial score (nSPS) is 16.0. The van der Waals surface area contributed by atoms with Gasteiger partial charge < -0.3 is 20.3 Å². The lowest BCUT2D eigenvalue weighted by Gasteiger charge is -2.22. The smallest absolute Gasteiger partial charge is 0.356 e. The maximum absolute atomic E-state index is 11.9. The van der Waals surface area contributed by atoms with Crippen molar-refractivity contribution in [3.8, 4) is 0 Å². The fraction of sp³-hybridized carbons (Fsp3) is 0.462. The van der Waals surface area contributed by atoms with Gasteiger partial charge in [-0.3, -0.25) is 4.79 Å². The number of hydrogen-bond acceptors (Lipinski definition) is 6. The van der Waals surface area contributed by atoms with Crippen molar-refractivity contribution in [2.45, 2.75) is 6.42 Å². The van der Waals surface area contributed by atoms with Gasteiger partial charge in [0.25, 0.3) is 0 Å². The Hall–Kier alpha value is -2.31. The van der Waals surface area contributed by atoms with E-state index in [0.29, 0.717) is 24.6 Å². The molecule has 0 atom stereocenters. The molecule has 1 fully saturated rings. The molecule has 7 heteroatoms. The number of nitrogen functional groups attached to an aromatic ring is 1. The van der Waals surface area contributed by atoms with Gasteiger partial charge in [0, 0.05) is 20.1 Å². The standard InChI is InChI=1S/C13H18N4O3/c1-16-6-3-7-17(8-11(16)18)12-9(14)4-5-10(15-12)13(19)20-2/h4-5H,3,6-8,14H2,1-2H3. The third-order valence-corrected chi connectivity index (χ3v) is 3.27. The van der Waals surface area contributed by atoms with Crippen molar-refractivity contribution < 1.29 is 14.3 Å². The summed E-state index contributed by atoms with van der Waals surface area (Å²) in [5, 5.41) is 0. The molecule has 1 aliphatic rings. The van der Waals surface area contributed by atoms with E-state index in [2.05, 4.69) is 9.72 Å². The average Bonchev–Trinajstić information content (AvgIpc) is 2.61. The third kappa shape index (κ3) is 2.81. The number of likely N-dealkylation sites (N-methyl/N-ethyl adjacent to an activating group) is 1. The van der Waals surface area contributed by atoms with Crippen molar-refractivity contribution in [3.63, 3.8) is 0 Å². The fourth-order valence-corrected chi connectivity index (χ4v) is 2.10. The Kier molecular flexibility index (Phi) is 4.07. The molecule has 0 aliphatic carbocycles. The number of aromatic nitrogens is 1. The molecule has 1 aromatic heterocycles. The zero-order chi connectivity index (χ0) is 14.7. The summed E-state index contributed by atoms with van der Waals surface area (Å²) in [4.78, 5) is 31.1. The second-order valence-corrected chi connectivity index (χ2v) is 4.69. The molecule has 1 aliphatic heterocycles. The van der Waals surface area contributed by atoms with Crippen LogP contribution in [0.15, 0.2) is 12.1 Å². The maximum Gasteiger partial charge on any atom is 0.356 e. The number of anilines is 2. The number of ether oxygens (including phenoxy) is 1. The first-order valence-corrected chi connectivity index (χ1v) is 6.36. The van der Waals surface area contributed by atoms with Crippen LogP contribution < -0.4 is 10.6 Å². The molecule has 108 valence electrons. The molecule has 20 heavy (non-hydrogen) atoms. The van der Waals surface area contributed by atoms with Gasteiger partial charge in [0.05, 0.1) is 19.3 Å². The molecule has 0 saturated carbocycles. The highest BCUT2D eigenvalue weighted by molar-refractivity contribution is 5.89. The Bertz CT molecular complexity index is 532. The molecule has 1 saturated heterocycles. The number of rotatable bonds is 2. The number of amides is 1. The lowest BCUT2D eigenvalue weighted by atomic mass is 10.3. The van der Waals surface area contributed by atoms with Crippen LogP contribution in [-0.4, -0.2) is 55.6 Å². The summed E-state index contributed by atoms with van der Waals surface area (Å²) in [5.41, 5.74) is 6.53. The van der Waals surface area contributed by atoms with Crippen LogP contribution in [0.2, 0.25) is 0 Å². The van der Waals surface area contributed by atoms with Crippen molar-refractivity contribution in [2.75, 3.05) is 44.4 Å². The second-order valence-electron chi connectivity index (χ2n) is 4.69. The first-order valence-electron chi connectivity index (χ1n) is 6.36. The summed E-state index contributed by atoms with van der Waals surface area (Å²) in [5.74, 6) is -0.0618. The highest BCUT2D eigenvalue weighted by Crippen LogP contribution is 2.22. The fourth-order valence-electron chi connectivity index (χ4n) is 2.10. The van der Waals surface area contributed by atoms with Gasteiger partial charge in [0.2, 0.25) is 5.91 Å². The van der Waals surface area contributed by atoms with Gasteiger partial charge in [-0.1, -0.05) is 0 Å². The van der Waals surface area contributed by atoms with Crippen LogP contribution in [0.4, 0.5) is 11.5 Å². The SMILES string of the molecule is COC(=O)c1ccc(N)c(N2CCCN(C)C(=O)C2)n1. The van der Waals surface area contributed by atoms with Gasteiger partial charge in [-0.2, -0.15) is 0 Å². The minimum absolute atomic E-state index is 0.00664. The minimum atomic E-state index is -0.524. The van der Waals surface area contributed by atoms with E-state index >= 15 is 0 Å². The van der Waals surface area contributed by atoms with Gasteiger partial charge >= 0.3 is 5.97 Å². The summed E-state index contributed by atoms with van der Waals surface area (Å²) >= 11 is 0. The number of carbonyl (C=O) groups is 2. The Balaban J connectivity index is 2.31. The average molecular weight is 278 g/mol. The highest BCUT2D eigenvalue weighted by atomic mass is 16.5. The molecule has 1 aromatic rings. The lowest BCUT2D eigenvalue weighted by Crippen LogP contribution is -2.35. The van der Waals surface area contributed by atoms with E-state index in [1.165, 1.54) is 13.2 Å². The largest absolute Gasteiger partial charge is 0.464 e. The Morgan fingerprint density at radius 2 is 2.15 bits per heavy atom. The molecule has 2 N–H and O–H groups in total. The molecule has 1 amide bonds. The third-order valence-electron chi connectivity index (χ3n) is 3.27. The van der Waals surface area contributed by atoms with Crippen LogP contribution >= 0.6 is 0 Å². The number of hydrogen-bond donors (Lipinski definition) is 1. The summed E-state index contributed by atoms with van der Waals surface area (Å²) in [6.45, 7) is 1.57. The molecule has 0 unspecified atom stereocenters. The molecular formula is C13H18N4O3. The minimum Gasteiger partial charge on any atom is -0.464 e. The Morgan fingerprint density at radius 3 is 2.85 bits per heavy atom. The zero-order valence-corrected chi connectivity index (χ0v) is 11.6. The van der Waals surface area contributed by atoms with Crippen molar-refractivity contribution in [1.29, 1.82) is 0 Å². The van der Waals surface area contributed by atoms with Crippen LogP contribution in [0.5, 0.6) is 0 Å². The second kappa shape index (κ2) is 5.77. The van der Waals surface area contributed by atoms with Crippen molar-refractivity contribution in [1.82, 2.24) is 9.88 Å².